The molecule has 2 aromatic rings. The van der Waals surface area contributed by atoms with Gasteiger partial charge in [0.15, 0.2) is 5.69 Å². The monoisotopic (exact) mass is 244 g/mol. The molecule has 0 radical (unpaired) electrons. The van der Waals surface area contributed by atoms with Gasteiger partial charge in [0.05, 0.1) is 11.4 Å². The van der Waals surface area contributed by atoms with E-state index < -0.39 is 0 Å². The fourth-order valence-corrected chi connectivity index (χ4v) is 1.99. The molecule has 5 heteroatoms. The van der Waals surface area contributed by atoms with Crippen LogP contribution in [-0.4, -0.2) is 15.0 Å². The molecule has 3 rings (SSSR count). The number of aromatic nitrogens is 3. The predicted molar refractivity (Wildman–Crippen MR) is 63.1 cm³/mol. The van der Waals surface area contributed by atoms with Gasteiger partial charge in [-0.3, -0.25) is 0 Å². The molecule has 0 spiro atoms. The van der Waals surface area contributed by atoms with E-state index >= 15 is 0 Å². The van der Waals surface area contributed by atoms with Crippen molar-refractivity contribution in [1.82, 2.24) is 15.0 Å². The highest BCUT2D eigenvalue weighted by Gasteiger charge is 2.31. The lowest BCUT2D eigenvalue weighted by Gasteiger charge is -2.05. The van der Waals surface area contributed by atoms with Crippen LogP contribution in [0, 0.1) is 11.3 Å². The van der Waals surface area contributed by atoms with Gasteiger partial charge in [-0.25, -0.2) is 4.68 Å². The molecular formula is C12H9ClN4. The van der Waals surface area contributed by atoms with Crippen LogP contribution in [0.15, 0.2) is 24.3 Å². The number of nitriles is 1. The Morgan fingerprint density at radius 3 is 2.59 bits per heavy atom. The van der Waals surface area contributed by atoms with Crippen molar-refractivity contribution in [3.63, 3.8) is 0 Å². The van der Waals surface area contributed by atoms with Crippen LogP contribution in [0.25, 0.3) is 5.69 Å². The Morgan fingerprint density at radius 1 is 1.29 bits per heavy atom. The minimum atomic E-state index is 0.426. The van der Waals surface area contributed by atoms with Crippen molar-refractivity contribution in [2.45, 2.75) is 18.8 Å². The summed E-state index contributed by atoms with van der Waals surface area (Å²) >= 11 is 5.85. The molecule has 0 aliphatic heterocycles. The van der Waals surface area contributed by atoms with Gasteiger partial charge >= 0.3 is 0 Å². The molecule has 84 valence electrons. The molecule has 17 heavy (non-hydrogen) atoms. The van der Waals surface area contributed by atoms with Gasteiger partial charge in [-0.15, -0.1) is 5.10 Å². The topological polar surface area (TPSA) is 54.5 Å². The summed E-state index contributed by atoms with van der Waals surface area (Å²) in [6, 6.07) is 9.47. The Kier molecular flexibility index (Phi) is 2.34. The zero-order chi connectivity index (χ0) is 11.8. The van der Waals surface area contributed by atoms with E-state index in [2.05, 4.69) is 16.4 Å². The van der Waals surface area contributed by atoms with E-state index in [0.717, 1.165) is 24.2 Å². The Morgan fingerprint density at radius 2 is 2.00 bits per heavy atom. The van der Waals surface area contributed by atoms with Gasteiger partial charge in [0.1, 0.15) is 6.07 Å². The van der Waals surface area contributed by atoms with Gasteiger partial charge in [0, 0.05) is 10.9 Å². The van der Waals surface area contributed by atoms with Crippen LogP contribution >= 0.6 is 11.6 Å². The van der Waals surface area contributed by atoms with E-state index in [0.29, 0.717) is 16.6 Å². The third kappa shape index (κ3) is 1.79. The maximum atomic E-state index is 9.01. The van der Waals surface area contributed by atoms with Crippen molar-refractivity contribution < 1.29 is 0 Å². The molecule has 1 fully saturated rings. The first-order chi connectivity index (χ1) is 8.29. The van der Waals surface area contributed by atoms with Gasteiger partial charge in [0.2, 0.25) is 0 Å². The summed E-state index contributed by atoms with van der Waals surface area (Å²) < 4.78 is 1.74. The fraction of sp³-hybridized carbons (Fsp3) is 0.250. The number of benzene rings is 1. The van der Waals surface area contributed by atoms with E-state index in [4.69, 9.17) is 16.9 Å². The molecular weight excluding hydrogens is 236 g/mol. The van der Waals surface area contributed by atoms with Crippen LogP contribution in [-0.2, 0) is 0 Å². The molecule has 0 N–H and O–H groups in total. The Bertz CT molecular complexity index is 590. The SMILES string of the molecule is N#Cc1nnn(-c2ccc(Cl)cc2)c1C1CC1. The molecule has 0 saturated heterocycles. The van der Waals surface area contributed by atoms with Crippen molar-refractivity contribution in [1.29, 1.82) is 5.26 Å². The Balaban J connectivity index is 2.11. The summed E-state index contributed by atoms with van der Waals surface area (Å²) in [4.78, 5) is 0. The first kappa shape index (κ1) is 10.3. The second-order valence-electron chi connectivity index (χ2n) is 4.10. The third-order valence-electron chi connectivity index (χ3n) is 2.85. The smallest absolute Gasteiger partial charge is 0.186 e. The van der Waals surface area contributed by atoms with E-state index in [-0.39, 0.29) is 0 Å². The summed E-state index contributed by atoms with van der Waals surface area (Å²) in [5.74, 6) is 0.426. The van der Waals surface area contributed by atoms with Crippen molar-refractivity contribution in [2.75, 3.05) is 0 Å². The molecule has 1 aromatic carbocycles. The lowest BCUT2D eigenvalue weighted by Crippen LogP contribution is -2.01. The predicted octanol–water partition coefficient (Wildman–Crippen LogP) is 2.67. The average Bonchev–Trinajstić information content (AvgIpc) is 3.10. The van der Waals surface area contributed by atoms with Crippen LogP contribution in [0.1, 0.15) is 30.1 Å². The van der Waals surface area contributed by atoms with Crippen molar-refractivity contribution >= 4 is 11.6 Å². The average molecular weight is 245 g/mol. The normalized spacial score (nSPS) is 14.6. The first-order valence-electron chi connectivity index (χ1n) is 5.41. The second-order valence-corrected chi connectivity index (χ2v) is 4.53. The van der Waals surface area contributed by atoms with E-state index in [9.17, 15) is 0 Å². The minimum Gasteiger partial charge on any atom is -0.216 e. The summed E-state index contributed by atoms with van der Waals surface area (Å²) in [6.45, 7) is 0. The molecule has 4 nitrogen and oxygen atoms in total. The van der Waals surface area contributed by atoms with E-state index in [1.54, 1.807) is 16.8 Å². The van der Waals surface area contributed by atoms with Crippen molar-refractivity contribution in [3.8, 4) is 11.8 Å². The van der Waals surface area contributed by atoms with E-state index in [1.165, 1.54) is 0 Å². The van der Waals surface area contributed by atoms with Crippen molar-refractivity contribution in [3.05, 3.63) is 40.7 Å². The molecule has 0 atom stereocenters. The number of nitrogens with zero attached hydrogens (tertiary/aromatic N) is 4. The molecule has 0 amide bonds. The standard InChI is InChI=1S/C12H9ClN4/c13-9-3-5-10(6-4-9)17-12(8-1-2-8)11(7-14)15-16-17/h3-6,8H,1-2H2. The number of halogens is 1. The molecule has 0 bridgehead atoms. The molecule has 1 heterocycles. The highest BCUT2D eigenvalue weighted by Crippen LogP contribution is 2.41. The van der Waals surface area contributed by atoms with Crippen LogP contribution < -0.4 is 0 Å². The summed E-state index contributed by atoms with van der Waals surface area (Å²) in [7, 11) is 0. The number of hydrogen-bond acceptors (Lipinski definition) is 3. The molecule has 1 aliphatic carbocycles. The van der Waals surface area contributed by atoms with Crippen molar-refractivity contribution in [2.24, 2.45) is 0 Å². The Labute approximate surface area is 103 Å². The van der Waals surface area contributed by atoms with Crippen LogP contribution in [0.5, 0.6) is 0 Å². The quantitative estimate of drug-likeness (QED) is 0.816. The summed E-state index contributed by atoms with van der Waals surface area (Å²) in [5.41, 5.74) is 2.25. The van der Waals surface area contributed by atoms with E-state index in [1.807, 2.05) is 12.1 Å². The fourth-order valence-electron chi connectivity index (χ4n) is 1.86. The maximum Gasteiger partial charge on any atom is 0.186 e. The number of hydrogen-bond donors (Lipinski definition) is 0. The highest BCUT2D eigenvalue weighted by atomic mass is 35.5. The largest absolute Gasteiger partial charge is 0.216 e. The highest BCUT2D eigenvalue weighted by molar-refractivity contribution is 6.30. The first-order valence-corrected chi connectivity index (χ1v) is 5.79. The number of rotatable bonds is 2. The van der Waals surface area contributed by atoms with Gasteiger partial charge in [-0.1, -0.05) is 16.8 Å². The van der Waals surface area contributed by atoms with Crippen LogP contribution in [0.3, 0.4) is 0 Å². The molecule has 1 saturated carbocycles. The van der Waals surface area contributed by atoms with Gasteiger partial charge in [-0.2, -0.15) is 5.26 Å². The summed E-state index contributed by atoms with van der Waals surface area (Å²) in [6.07, 6.45) is 2.21. The second kappa shape index (κ2) is 3.86. The Hall–Kier alpha value is -1.86. The minimum absolute atomic E-state index is 0.426. The molecule has 1 aromatic heterocycles. The van der Waals surface area contributed by atoms with Gasteiger partial charge in [-0.05, 0) is 37.1 Å². The lowest BCUT2D eigenvalue weighted by molar-refractivity contribution is 0.764. The zero-order valence-corrected chi connectivity index (χ0v) is 9.72. The van der Waals surface area contributed by atoms with Gasteiger partial charge in [0.25, 0.3) is 0 Å². The molecule has 1 aliphatic rings. The van der Waals surface area contributed by atoms with Gasteiger partial charge < -0.3 is 0 Å². The lowest BCUT2D eigenvalue weighted by atomic mass is 10.2. The molecule has 0 unspecified atom stereocenters. The van der Waals surface area contributed by atoms with Crippen LogP contribution in [0.2, 0.25) is 5.02 Å². The zero-order valence-electron chi connectivity index (χ0n) is 8.97. The van der Waals surface area contributed by atoms with Crippen LogP contribution in [0.4, 0.5) is 0 Å². The maximum absolute atomic E-state index is 9.01. The third-order valence-corrected chi connectivity index (χ3v) is 3.10. The summed E-state index contributed by atoms with van der Waals surface area (Å²) in [5, 5.41) is 17.7.